The molecule has 0 aliphatic rings. The molecule has 0 bridgehead atoms. The number of hydrazone groups is 1. The Labute approximate surface area is 182 Å². The smallest absolute Gasteiger partial charge is 0.271 e. The highest BCUT2D eigenvalue weighted by molar-refractivity contribution is 9.10. The average molecular weight is 463 g/mol. The zero-order chi connectivity index (χ0) is 20.9. The summed E-state index contributed by atoms with van der Waals surface area (Å²) in [6.45, 7) is 0. The molecule has 1 amide bonds. The van der Waals surface area contributed by atoms with Crippen LogP contribution in [-0.4, -0.2) is 28.7 Å². The summed E-state index contributed by atoms with van der Waals surface area (Å²) < 4.78 is 6.10. The fourth-order valence-corrected chi connectivity index (χ4v) is 3.29. The number of carbonyl (C=O) groups excluding carboxylic acids is 1. The first-order chi connectivity index (χ1) is 14.6. The van der Waals surface area contributed by atoms with Crippen LogP contribution < -0.4 is 10.2 Å². The van der Waals surface area contributed by atoms with Gasteiger partial charge in [-0.2, -0.15) is 5.10 Å². The largest absolute Gasteiger partial charge is 0.497 e. The van der Waals surface area contributed by atoms with E-state index in [4.69, 9.17) is 4.74 Å². The number of nitrogens with zero attached hydrogens (tertiary/aromatic N) is 2. The number of H-pyrrole nitrogens is 1. The fraction of sp³-hybridized carbons (Fsp3) is 0.0870. The number of nitrogens with one attached hydrogen (secondary N) is 2. The highest BCUT2D eigenvalue weighted by Gasteiger charge is 2.11. The number of imidazole rings is 1. The number of carbonyl (C=O) groups is 1. The lowest BCUT2D eigenvalue weighted by Crippen LogP contribution is -2.21. The normalized spacial score (nSPS) is 11.5. The monoisotopic (exact) mass is 462 g/mol. The predicted octanol–water partition coefficient (Wildman–Crippen LogP) is 4.71. The molecule has 6 nitrogen and oxygen atoms in total. The number of aromatic amines is 1. The highest BCUT2D eigenvalue weighted by Crippen LogP contribution is 2.16. The van der Waals surface area contributed by atoms with Crippen LogP contribution in [0.2, 0.25) is 0 Å². The van der Waals surface area contributed by atoms with Crippen molar-refractivity contribution in [1.82, 2.24) is 15.4 Å². The summed E-state index contributed by atoms with van der Waals surface area (Å²) in [7, 11) is 1.59. The molecule has 150 valence electrons. The molecule has 4 rings (SSSR count). The molecule has 0 spiro atoms. The second kappa shape index (κ2) is 8.92. The van der Waals surface area contributed by atoms with Crippen LogP contribution in [0, 0.1) is 0 Å². The van der Waals surface area contributed by atoms with E-state index in [0.717, 1.165) is 26.9 Å². The van der Waals surface area contributed by atoms with Crippen LogP contribution >= 0.6 is 15.9 Å². The molecule has 1 aromatic heterocycles. The van der Waals surface area contributed by atoms with Gasteiger partial charge in [0.2, 0.25) is 0 Å². The molecule has 0 saturated heterocycles. The predicted molar refractivity (Wildman–Crippen MR) is 121 cm³/mol. The van der Waals surface area contributed by atoms with Gasteiger partial charge in [0.05, 0.1) is 30.3 Å². The molecule has 0 saturated carbocycles. The summed E-state index contributed by atoms with van der Waals surface area (Å²) >= 11 is 3.45. The van der Waals surface area contributed by atoms with Gasteiger partial charge in [-0.15, -0.1) is 0 Å². The van der Waals surface area contributed by atoms with Crippen molar-refractivity contribution < 1.29 is 9.53 Å². The molecule has 2 N–H and O–H groups in total. The van der Waals surface area contributed by atoms with Gasteiger partial charge < -0.3 is 9.72 Å². The Balaban J connectivity index is 1.60. The number of amides is 1. The van der Waals surface area contributed by atoms with E-state index in [9.17, 15) is 4.79 Å². The third-order valence-electron chi connectivity index (χ3n) is 4.60. The van der Waals surface area contributed by atoms with E-state index < -0.39 is 0 Å². The van der Waals surface area contributed by atoms with Gasteiger partial charge in [0.25, 0.3) is 5.91 Å². The minimum atomic E-state index is -0.295. The summed E-state index contributed by atoms with van der Waals surface area (Å²) in [5, 5.41) is 4.42. The van der Waals surface area contributed by atoms with Gasteiger partial charge in [-0.1, -0.05) is 40.2 Å². The Morgan fingerprint density at radius 1 is 1.03 bits per heavy atom. The average Bonchev–Trinajstić information content (AvgIpc) is 3.19. The van der Waals surface area contributed by atoms with Crippen LogP contribution in [0.25, 0.3) is 11.0 Å². The van der Waals surface area contributed by atoms with Crippen LogP contribution in [0.4, 0.5) is 0 Å². The molecule has 1 heterocycles. The highest BCUT2D eigenvalue weighted by atomic mass is 79.9. The maximum atomic E-state index is 12.5. The second-order valence-corrected chi connectivity index (χ2v) is 7.53. The van der Waals surface area contributed by atoms with Crippen molar-refractivity contribution in [2.75, 3.05) is 7.11 Å². The van der Waals surface area contributed by atoms with E-state index in [1.54, 1.807) is 31.4 Å². The SMILES string of the molecule is COc1ccc(C(=O)N/N=C(/Cc2nc3ccccc3[nH]2)c2ccc(Br)cc2)cc1. The Hall–Kier alpha value is -3.45. The van der Waals surface area contributed by atoms with Gasteiger partial charge in [0.15, 0.2) is 0 Å². The van der Waals surface area contributed by atoms with Gasteiger partial charge in [0, 0.05) is 10.0 Å². The summed E-state index contributed by atoms with van der Waals surface area (Å²) in [6.07, 6.45) is 0.444. The van der Waals surface area contributed by atoms with Crippen LogP contribution in [-0.2, 0) is 6.42 Å². The molecule has 3 aromatic carbocycles. The Kier molecular flexibility index (Phi) is 5.90. The number of hydrogen-bond donors (Lipinski definition) is 2. The first-order valence-electron chi connectivity index (χ1n) is 9.33. The van der Waals surface area contributed by atoms with Crippen molar-refractivity contribution >= 4 is 38.6 Å². The maximum Gasteiger partial charge on any atom is 0.271 e. The Morgan fingerprint density at radius 2 is 1.73 bits per heavy atom. The summed E-state index contributed by atoms with van der Waals surface area (Å²) in [5.41, 5.74) is 6.61. The van der Waals surface area contributed by atoms with Crippen molar-refractivity contribution in [2.24, 2.45) is 5.10 Å². The van der Waals surface area contributed by atoms with E-state index in [1.165, 1.54) is 0 Å². The number of ether oxygens (including phenoxy) is 1. The van der Waals surface area contributed by atoms with Crippen LogP contribution in [0.5, 0.6) is 5.75 Å². The van der Waals surface area contributed by atoms with Crippen molar-refractivity contribution in [3.8, 4) is 5.75 Å². The number of fused-ring (bicyclic) bond motifs is 1. The lowest BCUT2D eigenvalue weighted by atomic mass is 10.1. The number of rotatable bonds is 6. The lowest BCUT2D eigenvalue weighted by molar-refractivity contribution is 0.0954. The minimum Gasteiger partial charge on any atom is -0.497 e. The number of aromatic nitrogens is 2. The summed E-state index contributed by atoms with van der Waals surface area (Å²) in [6, 6.07) is 22.5. The van der Waals surface area contributed by atoms with Crippen molar-refractivity contribution in [2.45, 2.75) is 6.42 Å². The quantitative estimate of drug-likeness (QED) is 0.321. The fourth-order valence-electron chi connectivity index (χ4n) is 3.02. The number of methoxy groups -OCH3 is 1. The van der Waals surface area contributed by atoms with Crippen molar-refractivity contribution in [3.63, 3.8) is 0 Å². The topological polar surface area (TPSA) is 79.4 Å². The maximum absolute atomic E-state index is 12.5. The van der Waals surface area contributed by atoms with Crippen LogP contribution in [0.3, 0.4) is 0 Å². The number of hydrogen-bond acceptors (Lipinski definition) is 4. The van der Waals surface area contributed by atoms with E-state index in [2.05, 4.69) is 36.4 Å². The van der Waals surface area contributed by atoms with Crippen molar-refractivity contribution in [3.05, 3.63) is 94.2 Å². The van der Waals surface area contributed by atoms with Gasteiger partial charge in [0.1, 0.15) is 11.6 Å². The van der Waals surface area contributed by atoms with E-state index >= 15 is 0 Å². The summed E-state index contributed by atoms with van der Waals surface area (Å²) in [5.74, 6) is 1.17. The van der Waals surface area contributed by atoms with Gasteiger partial charge in [-0.05, 0) is 54.1 Å². The number of benzene rings is 3. The van der Waals surface area contributed by atoms with Crippen LogP contribution in [0.1, 0.15) is 21.7 Å². The third-order valence-corrected chi connectivity index (χ3v) is 5.12. The molecule has 4 aromatic rings. The lowest BCUT2D eigenvalue weighted by Gasteiger charge is -2.07. The zero-order valence-electron chi connectivity index (χ0n) is 16.2. The van der Waals surface area contributed by atoms with E-state index in [-0.39, 0.29) is 5.91 Å². The molecule has 7 heteroatoms. The molecule has 0 aliphatic carbocycles. The molecule has 0 fully saturated rings. The number of para-hydroxylation sites is 2. The molecule has 30 heavy (non-hydrogen) atoms. The third kappa shape index (κ3) is 4.58. The van der Waals surface area contributed by atoms with Crippen molar-refractivity contribution in [1.29, 1.82) is 0 Å². The molecule has 0 aliphatic heterocycles. The van der Waals surface area contributed by atoms with Crippen LogP contribution in [0.15, 0.2) is 82.4 Å². The first kappa shape index (κ1) is 19.8. The van der Waals surface area contributed by atoms with E-state index in [0.29, 0.717) is 23.4 Å². The standard InChI is InChI=1S/C23H19BrN4O2/c1-30-18-12-8-16(9-13-18)23(29)28-27-21(15-6-10-17(24)11-7-15)14-22-25-19-4-2-3-5-20(19)26-22/h2-13H,14H2,1H3,(H,25,26)(H,28,29)/b27-21-. The van der Waals surface area contributed by atoms with Gasteiger partial charge in [-0.25, -0.2) is 10.4 Å². The van der Waals surface area contributed by atoms with Gasteiger partial charge >= 0.3 is 0 Å². The van der Waals surface area contributed by atoms with E-state index in [1.807, 2.05) is 48.5 Å². The Morgan fingerprint density at radius 3 is 2.43 bits per heavy atom. The number of halogens is 1. The molecular weight excluding hydrogens is 444 g/mol. The minimum absolute atomic E-state index is 0.295. The zero-order valence-corrected chi connectivity index (χ0v) is 17.8. The first-order valence-corrected chi connectivity index (χ1v) is 10.1. The molecule has 0 radical (unpaired) electrons. The molecule has 0 atom stereocenters. The molecule has 0 unspecified atom stereocenters. The molecular formula is C23H19BrN4O2. The van der Waals surface area contributed by atoms with Gasteiger partial charge in [-0.3, -0.25) is 4.79 Å². The Bertz CT molecular complexity index is 1170. The second-order valence-electron chi connectivity index (χ2n) is 6.61. The summed E-state index contributed by atoms with van der Waals surface area (Å²) in [4.78, 5) is 20.5.